The van der Waals surface area contributed by atoms with Crippen LogP contribution >= 0.6 is 0 Å². The summed E-state index contributed by atoms with van der Waals surface area (Å²) in [4.78, 5) is 0. The molecule has 0 aliphatic heterocycles. The van der Waals surface area contributed by atoms with Crippen LogP contribution in [0.3, 0.4) is 0 Å². The topological polar surface area (TPSA) is 12.0 Å². The van der Waals surface area contributed by atoms with Crippen molar-refractivity contribution in [1.29, 1.82) is 0 Å². The monoisotopic (exact) mass is 243 g/mol. The van der Waals surface area contributed by atoms with Crippen LogP contribution in [0.15, 0.2) is 30.3 Å². The van der Waals surface area contributed by atoms with Gasteiger partial charge in [0.2, 0.25) is 0 Å². The maximum atomic E-state index is 5.24. The van der Waals surface area contributed by atoms with Crippen molar-refractivity contribution in [2.75, 3.05) is 13.1 Å². The molecule has 0 saturated heterocycles. The molecule has 0 radical (unpaired) electrons. The number of benzene rings is 1. The van der Waals surface area contributed by atoms with Crippen LogP contribution in [-0.4, -0.2) is 13.1 Å². The summed E-state index contributed by atoms with van der Waals surface area (Å²) >= 11 is 0. The molecule has 1 heteroatoms. The van der Waals surface area contributed by atoms with E-state index in [1.165, 1.54) is 12.0 Å². The summed E-state index contributed by atoms with van der Waals surface area (Å²) in [5, 5.41) is 3.56. The van der Waals surface area contributed by atoms with Gasteiger partial charge in [-0.05, 0) is 36.8 Å². The molecule has 1 aromatic carbocycles. The molecule has 1 rings (SSSR count). The molecule has 0 heterocycles. The highest BCUT2D eigenvalue weighted by Gasteiger charge is 2.14. The standard InChI is InChI=1S/C17H25N/c1-4-5-6-10-13-18-14-17(15(2)3)16-11-8-7-9-12-16/h1,7-9,11-12,15,17-18H,5-6,10,13-14H2,2-3H3. The highest BCUT2D eigenvalue weighted by atomic mass is 14.9. The molecule has 0 aliphatic rings. The van der Waals surface area contributed by atoms with Gasteiger partial charge in [-0.1, -0.05) is 44.2 Å². The van der Waals surface area contributed by atoms with Crippen molar-refractivity contribution in [2.24, 2.45) is 5.92 Å². The molecule has 18 heavy (non-hydrogen) atoms. The fourth-order valence-electron chi connectivity index (χ4n) is 2.17. The minimum Gasteiger partial charge on any atom is -0.316 e. The summed E-state index contributed by atoms with van der Waals surface area (Å²) < 4.78 is 0. The Morgan fingerprint density at radius 3 is 2.50 bits per heavy atom. The fraction of sp³-hybridized carbons (Fsp3) is 0.529. The van der Waals surface area contributed by atoms with E-state index in [0.29, 0.717) is 11.8 Å². The first-order chi connectivity index (χ1) is 8.75. The maximum absolute atomic E-state index is 5.24. The van der Waals surface area contributed by atoms with Crippen molar-refractivity contribution < 1.29 is 0 Å². The van der Waals surface area contributed by atoms with Crippen molar-refractivity contribution in [3.63, 3.8) is 0 Å². The molecule has 0 aromatic heterocycles. The zero-order chi connectivity index (χ0) is 13.2. The van der Waals surface area contributed by atoms with Crippen LogP contribution in [0.4, 0.5) is 0 Å². The molecule has 98 valence electrons. The third-order valence-corrected chi connectivity index (χ3v) is 3.32. The molecular weight excluding hydrogens is 218 g/mol. The third-order valence-electron chi connectivity index (χ3n) is 3.32. The Labute approximate surface area is 112 Å². The highest BCUT2D eigenvalue weighted by molar-refractivity contribution is 5.20. The molecule has 1 nitrogen and oxygen atoms in total. The predicted molar refractivity (Wildman–Crippen MR) is 79.6 cm³/mol. The van der Waals surface area contributed by atoms with Crippen LogP contribution in [0.2, 0.25) is 0 Å². The number of hydrogen-bond donors (Lipinski definition) is 1. The summed E-state index contributed by atoms with van der Waals surface area (Å²) in [6.07, 6.45) is 8.43. The van der Waals surface area contributed by atoms with Gasteiger partial charge in [-0.15, -0.1) is 12.3 Å². The van der Waals surface area contributed by atoms with Gasteiger partial charge in [-0.2, -0.15) is 0 Å². The van der Waals surface area contributed by atoms with Crippen LogP contribution < -0.4 is 5.32 Å². The van der Waals surface area contributed by atoms with E-state index in [2.05, 4.69) is 55.4 Å². The summed E-state index contributed by atoms with van der Waals surface area (Å²) in [5.74, 6) is 3.94. The SMILES string of the molecule is C#CCCCCNCC(c1ccccc1)C(C)C. The molecular formula is C17H25N. The summed E-state index contributed by atoms with van der Waals surface area (Å²) in [5.41, 5.74) is 1.43. The summed E-state index contributed by atoms with van der Waals surface area (Å²) in [6.45, 7) is 6.70. The van der Waals surface area contributed by atoms with Gasteiger partial charge in [-0.3, -0.25) is 0 Å². The molecule has 1 N–H and O–H groups in total. The Morgan fingerprint density at radius 1 is 1.17 bits per heavy atom. The maximum Gasteiger partial charge on any atom is 0.00865 e. The Balaban J connectivity index is 2.34. The van der Waals surface area contributed by atoms with Crippen LogP contribution in [-0.2, 0) is 0 Å². The summed E-state index contributed by atoms with van der Waals surface area (Å²) in [6, 6.07) is 10.8. The Bertz CT molecular complexity index is 348. The van der Waals surface area contributed by atoms with Crippen LogP contribution in [0.1, 0.15) is 44.6 Å². The first kappa shape index (κ1) is 14.8. The van der Waals surface area contributed by atoms with Gasteiger partial charge in [0, 0.05) is 13.0 Å². The molecule has 0 fully saturated rings. The van der Waals surface area contributed by atoms with Gasteiger partial charge in [0.05, 0.1) is 0 Å². The van der Waals surface area contributed by atoms with Gasteiger partial charge in [0.25, 0.3) is 0 Å². The van der Waals surface area contributed by atoms with E-state index in [4.69, 9.17) is 6.42 Å². The normalized spacial score (nSPS) is 12.3. The molecule has 0 saturated carbocycles. The van der Waals surface area contributed by atoms with E-state index in [9.17, 15) is 0 Å². The van der Waals surface area contributed by atoms with E-state index in [1.807, 2.05) is 0 Å². The van der Waals surface area contributed by atoms with Crippen molar-refractivity contribution in [3.8, 4) is 12.3 Å². The van der Waals surface area contributed by atoms with Crippen LogP contribution in [0, 0.1) is 18.3 Å². The van der Waals surface area contributed by atoms with Gasteiger partial charge < -0.3 is 5.32 Å². The second kappa shape index (κ2) is 8.78. The largest absolute Gasteiger partial charge is 0.316 e. The van der Waals surface area contributed by atoms with Crippen molar-refractivity contribution in [3.05, 3.63) is 35.9 Å². The Hall–Kier alpha value is -1.26. The minimum absolute atomic E-state index is 0.596. The van der Waals surface area contributed by atoms with Crippen molar-refractivity contribution in [2.45, 2.75) is 39.0 Å². The first-order valence-corrected chi connectivity index (χ1v) is 6.94. The number of unbranched alkanes of at least 4 members (excludes halogenated alkanes) is 2. The van der Waals surface area contributed by atoms with Gasteiger partial charge >= 0.3 is 0 Å². The number of terminal acetylenes is 1. The lowest BCUT2D eigenvalue weighted by molar-refractivity contribution is 0.458. The number of nitrogens with one attached hydrogen (secondary N) is 1. The lowest BCUT2D eigenvalue weighted by atomic mass is 9.88. The van der Waals surface area contributed by atoms with Crippen molar-refractivity contribution >= 4 is 0 Å². The molecule has 0 amide bonds. The van der Waals surface area contributed by atoms with Crippen LogP contribution in [0.25, 0.3) is 0 Å². The fourth-order valence-corrected chi connectivity index (χ4v) is 2.17. The van der Waals surface area contributed by atoms with E-state index in [-0.39, 0.29) is 0 Å². The van der Waals surface area contributed by atoms with E-state index in [1.54, 1.807) is 0 Å². The second-order valence-electron chi connectivity index (χ2n) is 5.13. The second-order valence-corrected chi connectivity index (χ2v) is 5.13. The lowest BCUT2D eigenvalue weighted by Crippen LogP contribution is -2.25. The third kappa shape index (κ3) is 5.38. The highest BCUT2D eigenvalue weighted by Crippen LogP contribution is 2.23. The zero-order valence-corrected chi connectivity index (χ0v) is 11.7. The molecule has 0 aliphatic carbocycles. The summed E-state index contributed by atoms with van der Waals surface area (Å²) in [7, 11) is 0. The first-order valence-electron chi connectivity index (χ1n) is 6.94. The average Bonchev–Trinajstić information content (AvgIpc) is 2.38. The number of rotatable bonds is 8. The smallest absolute Gasteiger partial charge is 0.00865 e. The zero-order valence-electron chi connectivity index (χ0n) is 11.7. The molecule has 1 atom stereocenters. The van der Waals surface area contributed by atoms with E-state index in [0.717, 1.165) is 25.9 Å². The van der Waals surface area contributed by atoms with Gasteiger partial charge in [0.1, 0.15) is 0 Å². The molecule has 0 bridgehead atoms. The number of hydrogen-bond acceptors (Lipinski definition) is 1. The van der Waals surface area contributed by atoms with E-state index < -0.39 is 0 Å². The van der Waals surface area contributed by atoms with Gasteiger partial charge in [0.15, 0.2) is 0 Å². The minimum atomic E-state index is 0.596. The van der Waals surface area contributed by atoms with Crippen molar-refractivity contribution in [1.82, 2.24) is 5.32 Å². The van der Waals surface area contributed by atoms with Crippen LogP contribution in [0.5, 0.6) is 0 Å². The molecule has 1 aromatic rings. The average molecular weight is 243 g/mol. The quantitative estimate of drug-likeness (QED) is 0.540. The van der Waals surface area contributed by atoms with E-state index >= 15 is 0 Å². The Kier molecular flexibility index (Phi) is 7.22. The molecule has 0 spiro atoms. The Morgan fingerprint density at radius 2 is 1.89 bits per heavy atom. The van der Waals surface area contributed by atoms with Gasteiger partial charge in [-0.25, -0.2) is 0 Å². The lowest BCUT2D eigenvalue weighted by Gasteiger charge is -2.22. The molecule has 1 unspecified atom stereocenters. The predicted octanol–water partition coefficient (Wildman–Crippen LogP) is 3.82.